The Hall–Kier alpha value is -0.760. The molecule has 68 valence electrons. The molecule has 13 heavy (non-hydrogen) atoms. The number of nitrogens with zero attached hydrogens (tertiary/aromatic N) is 1. The quantitative estimate of drug-likeness (QED) is 0.867. The molecule has 0 saturated carbocycles. The standard InChI is InChI=1S/C10H11IN2/c1-8(6-12)7-13-10-5-3-2-4-9(10)11/h2-5,8,13H,7H2,1H3. The summed E-state index contributed by atoms with van der Waals surface area (Å²) < 4.78 is 1.19. The van der Waals surface area contributed by atoms with E-state index in [9.17, 15) is 0 Å². The van der Waals surface area contributed by atoms with E-state index in [2.05, 4.69) is 34.0 Å². The Balaban J connectivity index is 2.56. The van der Waals surface area contributed by atoms with Crippen LogP contribution in [0, 0.1) is 20.8 Å². The monoisotopic (exact) mass is 286 g/mol. The van der Waals surface area contributed by atoms with Crippen LogP contribution in [0.5, 0.6) is 0 Å². The van der Waals surface area contributed by atoms with E-state index in [1.807, 2.05) is 31.2 Å². The maximum absolute atomic E-state index is 8.59. The number of para-hydroxylation sites is 1. The Morgan fingerprint density at radius 1 is 1.54 bits per heavy atom. The van der Waals surface area contributed by atoms with E-state index in [0.717, 1.165) is 5.69 Å². The molecule has 1 atom stereocenters. The minimum atomic E-state index is 0.0519. The van der Waals surface area contributed by atoms with Gasteiger partial charge in [-0.25, -0.2) is 0 Å². The molecule has 3 heteroatoms. The molecular formula is C10H11IN2. The fraction of sp³-hybridized carbons (Fsp3) is 0.300. The number of nitrogens with one attached hydrogen (secondary N) is 1. The number of hydrogen-bond donors (Lipinski definition) is 1. The van der Waals surface area contributed by atoms with Crippen LogP contribution < -0.4 is 5.32 Å². The maximum atomic E-state index is 8.59. The first-order chi connectivity index (χ1) is 6.24. The van der Waals surface area contributed by atoms with Gasteiger partial charge >= 0.3 is 0 Å². The van der Waals surface area contributed by atoms with Gasteiger partial charge in [0.05, 0.1) is 12.0 Å². The van der Waals surface area contributed by atoms with Crippen molar-refractivity contribution in [3.63, 3.8) is 0 Å². The topological polar surface area (TPSA) is 35.8 Å². The second-order valence-electron chi connectivity index (χ2n) is 2.89. The van der Waals surface area contributed by atoms with Crippen LogP contribution in [0.1, 0.15) is 6.92 Å². The van der Waals surface area contributed by atoms with Gasteiger partial charge in [-0.15, -0.1) is 0 Å². The molecule has 2 nitrogen and oxygen atoms in total. The Kier molecular flexibility index (Phi) is 4.03. The number of nitriles is 1. The third-order valence-electron chi connectivity index (χ3n) is 1.69. The highest BCUT2D eigenvalue weighted by atomic mass is 127. The van der Waals surface area contributed by atoms with Crippen LogP contribution in [0.15, 0.2) is 24.3 Å². The molecule has 0 aliphatic carbocycles. The van der Waals surface area contributed by atoms with Crippen molar-refractivity contribution in [3.05, 3.63) is 27.8 Å². The zero-order chi connectivity index (χ0) is 9.68. The zero-order valence-electron chi connectivity index (χ0n) is 7.42. The smallest absolute Gasteiger partial charge is 0.0671 e. The van der Waals surface area contributed by atoms with Gasteiger partial charge in [-0.2, -0.15) is 5.26 Å². The SMILES string of the molecule is CC(C#N)CNc1ccccc1I. The Morgan fingerprint density at radius 3 is 2.85 bits per heavy atom. The lowest BCUT2D eigenvalue weighted by molar-refractivity contribution is 0.786. The lowest BCUT2D eigenvalue weighted by atomic mass is 10.2. The summed E-state index contributed by atoms with van der Waals surface area (Å²) in [7, 11) is 0. The molecule has 1 aromatic rings. The Morgan fingerprint density at radius 2 is 2.23 bits per heavy atom. The van der Waals surface area contributed by atoms with Crippen molar-refractivity contribution in [2.45, 2.75) is 6.92 Å². The van der Waals surface area contributed by atoms with Crippen molar-refractivity contribution in [3.8, 4) is 6.07 Å². The van der Waals surface area contributed by atoms with Gasteiger partial charge in [-0.1, -0.05) is 12.1 Å². The number of halogens is 1. The summed E-state index contributed by atoms with van der Waals surface area (Å²) in [6.45, 7) is 2.61. The van der Waals surface area contributed by atoms with Crippen LogP contribution >= 0.6 is 22.6 Å². The number of hydrogen-bond acceptors (Lipinski definition) is 2. The lowest BCUT2D eigenvalue weighted by Gasteiger charge is -2.08. The molecule has 0 amide bonds. The molecule has 0 radical (unpaired) electrons. The summed E-state index contributed by atoms with van der Waals surface area (Å²) in [6.07, 6.45) is 0. The van der Waals surface area contributed by atoms with Gasteiger partial charge < -0.3 is 5.32 Å². The summed E-state index contributed by atoms with van der Waals surface area (Å²) in [5.41, 5.74) is 1.10. The molecule has 0 aliphatic heterocycles. The summed E-state index contributed by atoms with van der Waals surface area (Å²) in [6, 6.07) is 10.2. The van der Waals surface area contributed by atoms with Crippen LogP contribution in [0.4, 0.5) is 5.69 Å². The van der Waals surface area contributed by atoms with E-state index >= 15 is 0 Å². The normalized spacial score (nSPS) is 11.8. The number of anilines is 1. The molecule has 1 unspecified atom stereocenters. The second kappa shape index (κ2) is 5.07. The highest BCUT2D eigenvalue weighted by Crippen LogP contribution is 2.16. The molecule has 0 heterocycles. The van der Waals surface area contributed by atoms with Gasteiger partial charge in [0.1, 0.15) is 0 Å². The summed E-state index contributed by atoms with van der Waals surface area (Å²) in [4.78, 5) is 0. The lowest BCUT2D eigenvalue weighted by Crippen LogP contribution is -2.09. The van der Waals surface area contributed by atoms with Crippen LogP contribution in [0.25, 0.3) is 0 Å². The van der Waals surface area contributed by atoms with E-state index in [4.69, 9.17) is 5.26 Å². The van der Waals surface area contributed by atoms with Crippen LogP contribution in [-0.2, 0) is 0 Å². The first-order valence-corrected chi connectivity index (χ1v) is 5.20. The van der Waals surface area contributed by atoms with Gasteiger partial charge in [0.15, 0.2) is 0 Å². The van der Waals surface area contributed by atoms with Crippen LogP contribution in [0.2, 0.25) is 0 Å². The molecular weight excluding hydrogens is 275 g/mol. The molecule has 1 rings (SSSR count). The third kappa shape index (κ3) is 3.23. The first kappa shape index (κ1) is 10.3. The van der Waals surface area contributed by atoms with E-state index in [1.165, 1.54) is 3.57 Å². The largest absolute Gasteiger partial charge is 0.383 e. The van der Waals surface area contributed by atoms with Gasteiger partial charge in [0.25, 0.3) is 0 Å². The highest BCUT2D eigenvalue weighted by molar-refractivity contribution is 14.1. The van der Waals surface area contributed by atoms with Crippen molar-refractivity contribution in [2.24, 2.45) is 5.92 Å². The van der Waals surface area contributed by atoms with E-state index in [1.54, 1.807) is 0 Å². The van der Waals surface area contributed by atoms with Gasteiger partial charge in [-0.3, -0.25) is 0 Å². The Bertz CT molecular complexity index is 317. The van der Waals surface area contributed by atoms with E-state index in [0.29, 0.717) is 6.54 Å². The van der Waals surface area contributed by atoms with Crippen LogP contribution in [0.3, 0.4) is 0 Å². The van der Waals surface area contributed by atoms with Crippen molar-refractivity contribution in [1.29, 1.82) is 5.26 Å². The highest BCUT2D eigenvalue weighted by Gasteiger charge is 2.00. The summed E-state index contributed by atoms with van der Waals surface area (Å²) in [5.74, 6) is 0.0519. The predicted molar refractivity (Wildman–Crippen MR) is 62.4 cm³/mol. The molecule has 0 aliphatic rings. The number of rotatable bonds is 3. The van der Waals surface area contributed by atoms with Crippen molar-refractivity contribution < 1.29 is 0 Å². The molecule has 1 aromatic carbocycles. The van der Waals surface area contributed by atoms with E-state index in [-0.39, 0.29) is 5.92 Å². The predicted octanol–water partition coefficient (Wildman–Crippen LogP) is 2.86. The number of benzene rings is 1. The average molecular weight is 286 g/mol. The van der Waals surface area contributed by atoms with Crippen molar-refractivity contribution in [1.82, 2.24) is 0 Å². The van der Waals surface area contributed by atoms with Gasteiger partial charge in [0.2, 0.25) is 0 Å². The van der Waals surface area contributed by atoms with Gasteiger partial charge in [-0.05, 0) is 41.6 Å². The second-order valence-corrected chi connectivity index (χ2v) is 4.05. The molecule has 0 bridgehead atoms. The van der Waals surface area contributed by atoms with Crippen molar-refractivity contribution >= 4 is 28.3 Å². The maximum Gasteiger partial charge on any atom is 0.0671 e. The van der Waals surface area contributed by atoms with Crippen LogP contribution in [-0.4, -0.2) is 6.54 Å². The summed E-state index contributed by atoms with van der Waals surface area (Å²) >= 11 is 2.27. The minimum absolute atomic E-state index is 0.0519. The minimum Gasteiger partial charge on any atom is -0.383 e. The van der Waals surface area contributed by atoms with Crippen molar-refractivity contribution in [2.75, 3.05) is 11.9 Å². The third-order valence-corrected chi connectivity index (χ3v) is 2.63. The Labute approximate surface area is 92.1 Å². The summed E-state index contributed by atoms with van der Waals surface area (Å²) in [5, 5.41) is 11.8. The average Bonchev–Trinajstić information content (AvgIpc) is 2.16. The fourth-order valence-electron chi connectivity index (χ4n) is 0.913. The molecule has 0 aromatic heterocycles. The molecule has 0 saturated heterocycles. The van der Waals surface area contributed by atoms with E-state index < -0.39 is 0 Å². The zero-order valence-corrected chi connectivity index (χ0v) is 9.58. The van der Waals surface area contributed by atoms with Gasteiger partial charge in [0, 0.05) is 15.8 Å². The molecule has 1 N–H and O–H groups in total. The molecule has 0 fully saturated rings. The first-order valence-electron chi connectivity index (χ1n) is 4.12. The fourth-order valence-corrected chi connectivity index (χ4v) is 1.49. The molecule has 0 spiro atoms.